The molecule has 174 valence electrons. The minimum Gasteiger partial charge on any atom is -0.376 e. The van der Waals surface area contributed by atoms with Gasteiger partial charge in [0.15, 0.2) is 0 Å². The summed E-state index contributed by atoms with van der Waals surface area (Å²) in [6.45, 7) is 2.62. The highest BCUT2D eigenvalue weighted by Crippen LogP contribution is 2.29. The SMILES string of the molecule is Cc1ccccc1C(=O)N(CC1CCCO1)C1CC(=O)N(c2ccc(S(N)(=O)=O)cc2)C1=O. The van der Waals surface area contributed by atoms with Crippen LogP contribution in [0.4, 0.5) is 5.69 Å². The van der Waals surface area contributed by atoms with Gasteiger partial charge < -0.3 is 9.64 Å². The molecule has 10 heteroatoms. The van der Waals surface area contributed by atoms with Crippen molar-refractivity contribution in [1.29, 1.82) is 0 Å². The molecule has 0 aliphatic carbocycles. The van der Waals surface area contributed by atoms with Gasteiger partial charge in [0, 0.05) is 18.7 Å². The van der Waals surface area contributed by atoms with E-state index in [2.05, 4.69) is 0 Å². The molecule has 9 nitrogen and oxygen atoms in total. The molecule has 0 bridgehead atoms. The number of hydrogen-bond donors (Lipinski definition) is 1. The lowest BCUT2D eigenvalue weighted by Gasteiger charge is -2.30. The van der Waals surface area contributed by atoms with Gasteiger partial charge in [-0.2, -0.15) is 0 Å². The molecule has 2 aromatic carbocycles. The number of ether oxygens (including phenoxy) is 1. The van der Waals surface area contributed by atoms with Crippen LogP contribution >= 0.6 is 0 Å². The number of primary sulfonamides is 1. The van der Waals surface area contributed by atoms with Crippen LogP contribution in [0.25, 0.3) is 0 Å². The quantitative estimate of drug-likeness (QED) is 0.638. The summed E-state index contributed by atoms with van der Waals surface area (Å²) < 4.78 is 28.7. The second kappa shape index (κ2) is 9.05. The monoisotopic (exact) mass is 471 g/mol. The van der Waals surface area contributed by atoms with Gasteiger partial charge in [-0.25, -0.2) is 18.5 Å². The van der Waals surface area contributed by atoms with Gasteiger partial charge in [0.05, 0.1) is 23.1 Å². The van der Waals surface area contributed by atoms with Crippen LogP contribution < -0.4 is 10.0 Å². The Balaban J connectivity index is 1.64. The summed E-state index contributed by atoms with van der Waals surface area (Å²) in [7, 11) is -3.91. The lowest BCUT2D eigenvalue weighted by molar-refractivity contribution is -0.122. The molecule has 2 N–H and O–H groups in total. The fraction of sp³-hybridized carbons (Fsp3) is 0.348. The van der Waals surface area contributed by atoms with Crippen LogP contribution in [0, 0.1) is 6.92 Å². The molecule has 0 aromatic heterocycles. The normalized spacial score (nSPS) is 21.0. The van der Waals surface area contributed by atoms with E-state index in [1.807, 2.05) is 19.1 Å². The minimum atomic E-state index is -3.91. The van der Waals surface area contributed by atoms with E-state index in [1.54, 1.807) is 12.1 Å². The third kappa shape index (κ3) is 4.68. The van der Waals surface area contributed by atoms with E-state index in [1.165, 1.54) is 29.2 Å². The zero-order valence-electron chi connectivity index (χ0n) is 18.1. The highest BCUT2D eigenvalue weighted by molar-refractivity contribution is 7.89. The van der Waals surface area contributed by atoms with Gasteiger partial charge in [0.1, 0.15) is 6.04 Å². The van der Waals surface area contributed by atoms with Crippen molar-refractivity contribution in [3.8, 4) is 0 Å². The third-order valence-corrected chi connectivity index (χ3v) is 6.91. The van der Waals surface area contributed by atoms with Crippen LogP contribution in [0.1, 0.15) is 35.2 Å². The van der Waals surface area contributed by atoms with Gasteiger partial charge in [0.2, 0.25) is 15.9 Å². The molecule has 0 saturated carbocycles. The first-order chi connectivity index (χ1) is 15.7. The highest BCUT2D eigenvalue weighted by Gasteiger charge is 2.45. The summed E-state index contributed by atoms with van der Waals surface area (Å²) in [4.78, 5) is 42.0. The Hall–Kier alpha value is -3.08. The zero-order valence-corrected chi connectivity index (χ0v) is 19.0. The molecule has 2 aliphatic rings. The number of hydrogen-bond acceptors (Lipinski definition) is 6. The van der Waals surface area contributed by atoms with Crippen molar-refractivity contribution in [3.05, 3.63) is 59.7 Å². The fourth-order valence-corrected chi connectivity index (χ4v) is 4.76. The molecule has 2 atom stereocenters. The van der Waals surface area contributed by atoms with Gasteiger partial charge in [-0.1, -0.05) is 18.2 Å². The first-order valence-corrected chi connectivity index (χ1v) is 12.2. The fourth-order valence-electron chi connectivity index (χ4n) is 4.24. The number of anilines is 1. The average Bonchev–Trinajstić information content (AvgIpc) is 3.39. The van der Waals surface area contributed by atoms with Crippen molar-refractivity contribution in [2.24, 2.45) is 5.14 Å². The van der Waals surface area contributed by atoms with Crippen LogP contribution in [0.15, 0.2) is 53.4 Å². The number of carbonyl (C=O) groups excluding carboxylic acids is 3. The molecule has 0 spiro atoms. The van der Waals surface area contributed by atoms with E-state index in [-0.39, 0.29) is 35.6 Å². The number of amides is 3. The molecular formula is C23H25N3O6S. The summed E-state index contributed by atoms with van der Waals surface area (Å²) in [6.07, 6.45) is 1.27. The van der Waals surface area contributed by atoms with Gasteiger partial charge in [-0.3, -0.25) is 14.4 Å². The first kappa shape index (κ1) is 23.1. The predicted octanol–water partition coefficient (Wildman–Crippen LogP) is 1.60. The van der Waals surface area contributed by atoms with Crippen LogP contribution in [0.5, 0.6) is 0 Å². The molecule has 3 amide bonds. The number of nitrogens with zero attached hydrogens (tertiary/aromatic N) is 2. The number of sulfonamides is 1. The zero-order chi connectivity index (χ0) is 23.8. The second-order valence-corrected chi connectivity index (χ2v) is 9.80. The van der Waals surface area contributed by atoms with Crippen molar-refractivity contribution < 1.29 is 27.5 Å². The number of carbonyl (C=O) groups is 3. The lowest BCUT2D eigenvalue weighted by atomic mass is 10.0. The number of aryl methyl sites for hydroxylation is 1. The summed E-state index contributed by atoms with van der Waals surface area (Å²) in [5.41, 5.74) is 1.46. The summed E-state index contributed by atoms with van der Waals surface area (Å²) in [5.74, 6) is -1.34. The van der Waals surface area contributed by atoms with Gasteiger partial charge >= 0.3 is 0 Å². The summed E-state index contributed by atoms with van der Waals surface area (Å²) in [6, 6.07) is 11.3. The summed E-state index contributed by atoms with van der Waals surface area (Å²) >= 11 is 0. The van der Waals surface area contributed by atoms with Crippen molar-refractivity contribution >= 4 is 33.4 Å². The lowest BCUT2D eigenvalue weighted by Crippen LogP contribution is -2.48. The van der Waals surface area contributed by atoms with E-state index in [0.29, 0.717) is 12.2 Å². The predicted molar refractivity (Wildman–Crippen MR) is 120 cm³/mol. The largest absolute Gasteiger partial charge is 0.376 e. The Morgan fingerprint density at radius 1 is 1.15 bits per heavy atom. The molecule has 2 aliphatic heterocycles. The number of benzene rings is 2. The Morgan fingerprint density at radius 2 is 1.85 bits per heavy atom. The van der Waals surface area contributed by atoms with Gasteiger partial charge in [-0.15, -0.1) is 0 Å². The molecule has 2 fully saturated rings. The molecule has 33 heavy (non-hydrogen) atoms. The topological polar surface area (TPSA) is 127 Å². The van der Waals surface area contributed by atoms with Crippen LogP contribution in [-0.2, 0) is 24.3 Å². The standard InChI is InChI=1S/C23H25N3O6S/c1-15-5-2-3-7-19(15)22(28)25(14-17-6-4-12-32-17)20-13-21(27)26(23(20)29)16-8-10-18(11-9-16)33(24,30)31/h2-3,5,7-11,17,20H,4,6,12-14H2,1H3,(H2,24,30,31). The van der Waals surface area contributed by atoms with E-state index in [0.717, 1.165) is 23.3 Å². The van der Waals surface area contributed by atoms with Gasteiger partial charge in [-0.05, 0) is 55.7 Å². The maximum absolute atomic E-state index is 13.5. The molecule has 4 rings (SSSR count). The summed E-state index contributed by atoms with van der Waals surface area (Å²) in [5, 5.41) is 5.12. The second-order valence-electron chi connectivity index (χ2n) is 8.23. The van der Waals surface area contributed by atoms with E-state index in [4.69, 9.17) is 9.88 Å². The van der Waals surface area contributed by atoms with Crippen molar-refractivity contribution in [1.82, 2.24) is 4.90 Å². The minimum absolute atomic E-state index is 0.128. The first-order valence-electron chi connectivity index (χ1n) is 10.6. The van der Waals surface area contributed by atoms with Gasteiger partial charge in [0.25, 0.3) is 11.8 Å². The molecule has 0 radical (unpaired) electrons. The maximum atomic E-state index is 13.5. The average molecular weight is 472 g/mol. The number of rotatable bonds is 6. The Kier molecular flexibility index (Phi) is 6.33. The maximum Gasteiger partial charge on any atom is 0.257 e. The smallest absolute Gasteiger partial charge is 0.257 e. The van der Waals surface area contributed by atoms with Crippen LogP contribution in [-0.4, -0.2) is 56.3 Å². The van der Waals surface area contributed by atoms with Crippen LogP contribution in [0.3, 0.4) is 0 Å². The number of nitrogens with two attached hydrogens (primary N) is 1. The van der Waals surface area contributed by atoms with Crippen LogP contribution in [0.2, 0.25) is 0 Å². The Labute approximate surface area is 192 Å². The van der Waals surface area contributed by atoms with E-state index >= 15 is 0 Å². The molecule has 2 saturated heterocycles. The Morgan fingerprint density at radius 3 is 2.45 bits per heavy atom. The van der Waals surface area contributed by atoms with Crippen molar-refractivity contribution in [2.75, 3.05) is 18.1 Å². The Bertz CT molecular complexity index is 1190. The van der Waals surface area contributed by atoms with Crippen molar-refractivity contribution in [3.63, 3.8) is 0 Å². The molecule has 2 aromatic rings. The molecular weight excluding hydrogens is 446 g/mol. The molecule has 2 heterocycles. The molecule has 2 unspecified atom stereocenters. The highest BCUT2D eigenvalue weighted by atomic mass is 32.2. The van der Waals surface area contributed by atoms with E-state index in [9.17, 15) is 22.8 Å². The number of imide groups is 1. The third-order valence-electron chi connectivity index (χ3n) is 5.98. The van der Waals surface area contributed by atoms with Crippen molar-refractivity contribution in [2.45, 2.75) is 43.2 Å². The van der Waals surface area contributed by atoms with E-state index < -0.39 is 27.9 Å².